The highest BCUT2D eigenvalue weighted by Crippen LogP contribution is 2.15. The molecule has 0 atom stereocenters. The van der Waals surface area contributed by atoms with Gasteiger partial charge in [0.15, 0.2) is 0 Å². The minimum absolute atomic E-state index is 0.692. The second kappa shape index (κ2) is 5.25. The number of nitrogens with zero attached hydrogens (tertiary/aromatic N) is 2. The lowest BCUT2D eigenvalue weighted by Crippen LogP contribution is -2.10. The fourth-order valence-electron chi connectivity index (χ4n) is 1.39. The number of hydroxylamine groups is 1. The van der Waals surface area contributed by atoms with Crippen LogP contribution in [0.25, 0.3) is 5.69 Å². The average Bonchev–Trinajstić information content (AvgIpc) is 2.74. The minimum atomic E-state index is 0.692. The van der Waals surface area contributed by atoms with Crippen LogP contribution in [0.1, 0.15) is 5.56 Å². The zero-order chi connectivity index (χ0) is 11.4. The number of hydrogen-bond acceptors (Lipinski definition) is 3. The fourth-order valence-corrected chi connectivity index (χ4v) is 1.80. The van der Waals surface area contributed by atoms with Crippen LogP contribution in [0.15, 0.2) is 41.1 Å². The second-order valence-corrected chi connectivity index (χ2v) is 4.07. The van der Waals surface area contributed by atoms with Crippen molar-refractivity contribution in [1.82, 2.24) is 15.3 Å². The highest BCUT2D eigenvalue weighted by Gasteiger charge is 2.01. The highest BCUT2D eigenvalue weighted by molar-refractivity contribution is 9.10. The number of benzene rings is 1. The molecular formula is C11H12BrN3O. The summed E-state index contributed by atoms with van der Waals surface area (Å²) in [4.78, 5) is 4.79. The normalized spacial score (nSPS) is 10.6. The van der Waals surface area contributed by atoms with Crippen molar-refractivity contribution < 1.29 is 4.84 Å². The highest BCUT2D eigenvalue weighted by atomic mass is 79.9. The van der Waals surface area contributed by atoms with Crippen molar-refractivity contribution in [3.8, 4) is 5.69 Å². The molecule has 1 N–H and O–H groups in total. The maximum Gasteiger partial charge on any atom is 0.109 e. The molecule has 0 aliphatic carbocycles. The summed E-state index contributed by atoms with van der Waals surface area (Å²) in [5, 5.41) is 4.21. The summed E-state index contributed by atoms with van der Waals surface area (Å²) < 4.78 is 2.77. The SMILES string of the molecule is CONCc1ccc(-n2nccc2Br)cc1. The summed E-state index contributed by atoms with van der Waals surface area (Å²) in [6, 6.07) is 10.0. The molecule has 4 nitrogen and oxygen atoms in total. The van der Waals surface area contributed by atoms with Crippen LogP contribution >= 0.6 is 15.9 Å². The summed E-state index contributed by atoms with van der Waals surface area (Å²) in [6.45, 7) is 0.692. The summed E-state index contributed by atoms with van der Waals surface area (Å²) >= 11 is 3.43. The zero-order valence-corrected chi connectivity index (χ0v) is 10.4. The van der Waals surface area contributed by atoms with Crippen molar-refractivity contribution in [2.75, 3.05) is 7.11 Å². The Hall–Kier alpha value is -1.17. The van der Waals surface area contributed by atoms with E-state index in [1.807, 2.05) is 35.0 Å². The van der Waals surface area contributed by atoms with Gasteiger partial charge in [0.25, 0.3) is 0 Å². The smallest absolute Gasteiger partial charge is 0.109 e. The van der Waals surface area contributed by atoms with E-state index in [1.54, 1.807) is 13.3 Å². The molecule has 0 bridgehead atoms. The summed E-state index contributed by atoms with van der Waals surface area (Å²) in [5.74, 6) is 0. The number of hydrogen-bond donors (Lipinski definition) is 1. The largest absolute Gasteiger partial charge is 0.305 e. The number of rotatable bonds is 4. The lowest BCUT2D eigenvalue weighted by atomic mass is 10.2. The third-order valence-electron chi connectivity index (χ3n) is 2.20. The Labute approximate surface area is 102 Å². The Morgan fingerprint density at radius 3 is 2.62 bits per heavy atom. The second-order valence-electron chi connectivity index (χ2n) is 3.26. The van der Waals surface area contributed by atoms with Gasteiger partial charge in [-0.3, -0.25) is 0 Å². The molecule has 0 radical (unpaired) electrons. The fraction of sp³-hybridized carbons (Fsp3) is 0.182. The molecule has 16 heavy (non-hydrogen) atoms. The number of nitrogens with one attached hydrogen (secondary N) is 1. The lowest BCUT2D eigenvalue weighted by Gasteiger charge is -2.05. The third-order valence-corrected chi connectivity index (χ3v) is 2.80. The van der Waals surface area contributed by atoms with Crippen LogP contribution in [-0.4, -0.2) is 16.9 Å². The first kappa shape index (κ1) is 11.3. The molecular weight excluding hydrogens is 270 g/mol. The predicted molar refractivity (Wildman–Crippen MR) is 65.1 cm³/mol. The van der Waals surface area contributed by atoms with Crippen LogP contribution in [0.5, 0.6) is 0 Å². The first-order chi connectivity index (χ1) is 7.81. The van der Waals surface area contributed by atoms with Crippen molar-refractivity contribution >= 4 is 15.9 Å². The summed E-state index contributed by atoms with van der Waals surface area (Å²) in [5.41, 5.74) is 4.99. The van der Waals surface area contributed by atoms with E-state index in [9.17, 15) is 0 Å². The molecule has 0 unspecified atom stereocenters. The van der Waals surface area contributed by atoms with Crippen molar-refractivity contribution in [3.63, 3.8) is 0 Å². The maximum absolute atomic E-state index is 4.79. The molecule has 0 amide bonds. The van der Waals surface area contributed by atoms with E-state index in [-0.39, 0.29) is 0 Å². The van der Waals surface area contributed by atoms with Gasteiger partial charge in [-0.05, 0) is 39.7 Å². The van der Waals surface area contributed by atoms with Gasteiger partial charge in [0.1, 0.15) is 4.60 Å². The van der Waals surface area contributed by atoms with Gasteiger partial charge in [-0.25, -0.2) is 4.68 Å². The molecule has 0 spiro atoms. The van der Waals surface area contributed by atoms with E-state index >= 15 is 0 Å². The average molecular weight is 282 g/mol. The number of aromatic nitrogens is 2. The summed E-state index contributed by atoms with van der Waals surface area (Å²) in [7, 11) is 1.61. The Morgan fingerprint density at radius 2 is 2.06 bits per heavy atom. The third kappa shape index (κ3) is 2.49. The zero-order valence-electron chi connectivity index (χ0n) is 8.85. The van der Waals surface area contributed by atoms with Gasteiger partial charge in [-0.2, -0.15) is 10.6 Å². The molecule has 0 saturated heterocycles. The Kier molecular flexibility index (Phi) is 3.71. The molecule has 0 saturated carbocycles. The van der Waals surface area contributed by atoms with Gasteiger partial charge in [0.05, 0.1) is 19.0 Å². The topological polar surface area (TPSA) is 39.1 Å². The van der Waals surface area contributed by atoms with E-state index in [1.165, 1.54) is 0 Å². The van der Waals surface area contributed by atoms with Crippen LogP contribution in [0.2, 0.25) is 0 Å². The Balaban J connectivity index is 2.16. The van der Waals surface area contributed by atoms with E-state index in [4.69, 9.17) is 4.84 Å². The van der Waals surface area contributed by atoms with Crippen molar-refractivity contribution in [2.24, 2.45) is 0 Å². The standard InChI is InChI=1S/C11H12BrN3O/c1-16-14-8-9-2-4-10(5-3-9)15-11(12)6-7-13-15/h2-7,14H,8H2,1H3. The first-order valence-corrected chi connectivity index (χ1v) is 5.65. The van der Waals surface area contributed by atoms with E-state index in [0.717, 1.165) is 15.9 Å². The van der Waals surface area contributed by atoms with E-state index < -0.39 is 0 Å². The van der Waals surface area contributed by atoms with Gasteiger partial charge in [-0.1, -0.05) is 12.1 Å². The molecule has 1 aromatic carbocycles. The minimum Gasteiger partial charge on any atom is -0.305 e. The number of halogens is 1. The van der Waals surface area contributed by atoms with Crippen LogP contribution in [0.3, 0.4) is 0 Å². The molecule has 0 aliphatic heterocycles. The first-order valence-electron chi connectivity index (χ1n) is 4.86. The van der Waals surface area contributed by atoms with Crippen molar-refractivity contribution in [3.05, 3.63) is 46.7 Å². The quantitative estimate of drug-likeness (QED) is 0.874. The molecule has 0 aliphatic rings. The summed E-state index contributed by atoms with van der Waals surface area (Å²) in [6.07, 6.45) is 1.75. The van der Waals surface area contributed by atoms with E-state index in [2.05, 4.69) is 26.5 Å². The van der Waals surface area contributed by atoms with Crippen LogP contribution in [0, 0.1) is 0 Å². The monoisotopic (exact) mass is 281 g/mol. The van der Waals surface area contributed by atoms with Gasteiger partial charge in [0.2, 0.25) is 0 Å². The Bertz CT molecular complexity index is 453. The van der Waals surface area contributed by atoms with Gasteiger partial charge in [0, 0.05) is 6.54 Å². The van der Waals surface area contributed by atoms with Crippen LogP contribution in [0.4, 0.5) is 0 Å². The molecule has 5 heteroatoms. The van der Waals surface area contributed by atoms with Crippen molar-refractivity contribution in [2.45, 2.75) is 6.54 Å². The predicted octanol–water partition coefficient (Wildman–Crippen LogP) is 2.29. The molecule has 1 aromatic heterocycles. The molecule has 84 valence electrons. The van der Waals surface area contributed by atoms with Crippen molar-refractivity contribution in [1.29, 1.82) is 0 Å². The van der Waals surface area contributed by atoms with Gasteiger partial charge in [-0.15, -0.1) is 0 Å². The molecule has 2 aromatic rings. The van der Waals surface area contributed by atoms with Crippen LogP contribution in [-0.2, 0) is 11.4 Å². The van der Waals surface area contributed by atoms with Gasteiger partial charge >= 0.3 is 0 Å². The lowest BCUT2D eigenvalue weighted by molar-refractivity contribution is 0.0867. The van der Waals surface area contributed by atoms with Gasteiger partial charge < -0.3 is 4.84 Å². The Morgan fingerprint density at radius 1 is 1.31 bits per heavy atom. The molecule has 1 heterocycles. The van der Waals surface area contributed by atoms with Crippen LogP contribution < -0.4 is 5.48 Å². The maximum atomic E-state index is 4.79. The molecule has 0 fully saturated rings. The van der Waals surface area contributed by atoms with E-state index in [0.29, 0.717) is 6.54 Å². The molecule has 2 rings (SSSR count).